The third-order valence-electron chi connectivity index (χ3n) is 8.99. The summed E-state index contributed by atoms with van der Waals surface area (Å²) in [5, 5.41) is 0. The molecule has 2 aromatic heterocycles. The summed E-state index contributed by atoms with van der Waals surface area (Å²) in [6.07, 6.45) is 20.0. The van der Waals surface area contributed by atoms with Crippen LogP contribution in [0.1, 0.15) is 50.2 Å². The number of nitrogens with zero attached hydrogens (tertiary/aromatic N) is 4. The minimum absolute atomic E-state index is 0.189. The van der Waals surface area contributed by atoms with Crippen molar-refractivity contribution in [3.8, 4) is 23.7 Å². The third kappa shape index (κ3) is 4.53. The molecule has 3 aromatic rings. The van der Waals surface area contributed by atoms with Crippen molar-refractivity contribution in [1.82, 2.24) is 19.9 Å². The van der Waals surface area contributed by atoms with E-state index in [0.29, 0.717) is 5.92 Å². The lowest BCUT2D eigenvalue weighted by Crippen LogP contribution is -2.38. The van der Waals surface area contributed by atoms with Crippen molar-refractivity contribution >= 4 is 22.5 Å². The first-order valence-corrected chi connectivity index (χ1v) is 14.0. The van der Waals surface area contributed by atoms with Crippen LogP contribution in [0.4, 0.5) is 5.82 Å². The minimum Gasteiger partial charge on any atom is -0.372 e. The lowest BCUT2D eigenvalue weighted by molar-refractivity contribution is 0.153. The summed E-state index contributed by atoms with van der Waals surface area (Å²) in [4.78, 5) is 17.9. The molecule has 0 amide bonds. The van der Waals surface area contributed by atoms with Crippen LogP contribution in [0.15, 0.2) is 60.8 Å². The smallest absolute Gasteiger partial charge is 0.138 e. The molecule has 0 bridgehead atoms. The maximum Gasteiger partial charge on any atom is 0.138 e. The lowest BCUT2D eigenvalue weighted by Gasteiger charge is -2.43. The van der Waals surface area contributed by atoms with E-state index in [1.165, 1.54) is 24.0 Å². The molecule has 2 aliphatic heterocycles. The number of terminal acetylenes is 1. The van der Waals surface area contributed by atoms with Gasteiger partial charge < -0.3 is 14.8 Å². The quantitative estimate of drug-likeness (QED) is 0.392. The number of aromatic amines is 1. The minimum atomic E-state index is 0.189. The normalized spacial score (nSPS) is 22.1. The van der Waals surface area contributed by atoms with Gasteiger partial charge in [0.1, 0.15) is 11.6 Å². The predicted molar refractivity (Wildman–Crippen MR) is 158 cm³/mol. The van der Waals surface area contributed by atoms with E-state index in [2.05, 4.69) is 88.6 Å². The fourth-order valence-electron chi connectivity index (χ4n) is 6.37. The van der Waals surface area contributed by atoms with Crippen LogP contribution >= 0.6 is 0 Å². The molecule has 0 saturated carbocycles. The maximum atomic E-state index is 5.59. The first-order valence-electron chi connectivity index (χ1n) is 14.0. The van der Waals surface area contributed by atoms with Gasteiger partial charge in [-0.1, -0.05) is 49.8 Å². The second-order valence-electron chi connectivity index (χ2n) is 11.4. The molecule has 5 nitrogen and oxygen atoms in total. The summed E-state index contributed by atoms with van der Waals surface area (Å²) in [7, 11) is 0. The molecule has 194 valence electrons. The number of likely N-dealkylation sites (tertiary alicyclic amines) is 1. The Balaban J connectivity index is 1.18. The van der Waals surface area contributed by atoms with Crippen molar-refractivity contribution in [3.05, 3.63) is 72.0 Å². The molecule has 1 unspecified atom stereocenters. The van der Waals surface area contributed by atoms with Gasteiger partial charge in [0.15, 0.2) is 0 Å². The number of anilines is 1. The third-order valence-corrected chi connectivity index (χ3v) is 8.99. The van der Waals surface area contributed by atoms with Gasteiger partial charge in [0.05, 0.1) is 17.2 Å². The Kier molecular flexibility index (Phi) is 6.35. The largest absolute Gasteiger partial charge is 0.372 e. The molecule has 1 aliphatic carbocycles. The standard InChI is InChI=1S/C33H37N5/c1-5-25-10-14-33(4,15-11-25)27-12-18-37(19-13-27)24(3)28-20-26(9-8-23(28)2)32-35-29-21-31(34-22-30(29)36-32)38-16-6-7-17-38/h1,8-11,14,20-22,27H,3,6-7,12-13,15-19H2,2,4H3,(H,35,36). The highest BCUT2D eigenvalue weighted by atomic mass is 15.2. The van der Waals surface area contributed by atoms with Crippen LogP contribution in [0.5, 0.6) is 0 Å². The first kappa shape index (κ1) is 24.6. The van der Waals surface area contributed by atoms with E-state index in [1.807, 2.05) is 6.20 Å². The number of hydrogen-bond acceptors (Lipinski definition) is 4. The number of rotatable bonds is 5. The van der Waals surface area contributed by atoms with Gasteiger partial charge in [-0.05, 0) is 62.0 Å². The summed E-state index contributed by atoms with van der Waals surface area (Å²) in [6, 6.07) is 8.70. The SMILES string of the molecule is C#CC1=CCC(C)(C2CCN(C(=C)c3cc(-c4nc5cc(N6CCCC6)ncc5[nH]4)ccc3C)CC2)C=C1. The van der Waals surface area contributed by atoms with E-state index in [-0.39, 0.29) is 5.41 Å². The van der Waals surface area contributed by atoms with Gasteiger partial charge in [-0.15, -0.1) is 6.42 Å². The number of hydrogen-bond donors (Lipinski definition) is 1. The Hall–Kier alpha value is -3.78. The highest BCUT2D eigenvalue weighted by molar-refractivity contribution is 5.82. The summed E-state index contributed by atoms with van der Waals surface area (Å²) in [5.41, 5.74) is 7.76. The number of pyridine rings is 1. The van der Waals surface area contributed by atoms with E-state index >= 15 is 0 Å². The molecule has 1 atom stereocenters. The van der Waals surface area contributed by atoms with Crippen LogP contribution in [0.2, 0.25) is 0 Å². The van der Waals surface area contributed by atoms with Crippen molar-refractivity contribution in [3.63, 3.8) is 0 Å². The van der Waals surface area contributed by atoms with E-state index in [0.717, 1.165) is 85.0 Å². The van der Waals surface area contributed by atoms with Crippen molar-refractivity contribution in [2.45, 2.75) is 46.0 Å². The number of nitrogens with one attached hydrogen (secondary N) is 1. The number of allylic oxidation sites excluding steroid dienone is 4. The Bertz CT molecular complexity index is 1470. The number of piperidine rings is 1. The Morgan fingerprint density at radius 2 is 1.95 bits per heavy atom. The fraction of sp³-hybridized carbons (Fsp3) is 0.394. The predicted octanol–water partition coefficient (Wildman–Crippen LogP) is 6.74. The maximum absolute atomic E-state index is 5.59. The van der Waals surface area contributed by atoms with Crippen molar-refractivity contribution in [1.29, 1.82) is 0 Å². The molecule has 0 spiro atoms. The van der Waals surface area contributed by atoms with Crippen LogP contribution < -0.4 is 4.90 Å². The van der Waals surface area contributed by atoms with Crippen LogP contribution in [-0.2, 0) is 0 Å². The lowest BCUT2D eigenvalue weighted by atomic mass is 9.68. The number of imidazole rings is 1. The van der Waals surface area contributed by atoms with Gasteiger partial charge in [-0.2, -0.15) is 0 Å². The molecular formula is C33H37N5. The van der Waals surface area contributed by atoms with Gasteiger partial charge >= 0.3 is 0 Å². The van der Waals surface area contributed by atoms with Gasteiger partial charge in [0.2, 0.25) is 0 Å². The molecule has 1 aromatic carbocycles. The monoisotopic (exact) mass is 503 g/mol. The molecular weight excluding hydrogens is 466 g/mol. The van der Waals surface area contributed by atoms with E-state index in [9.17, 15) is 0 Å². The zero-order chi connectivity index (χ0) is 26.3. The highest BCUT2D eigenvalue weighted by Gasteiger charge is 2.35. The van der Waals surface area contributed by atoms with Crippen molar-refractivity contribution < 1.29 is 0 Å². The number of benzene rings is 1. The van der Waals surface area contributed by atoms with Gasteiger partial charge in [0.25, 0.3) is 0 Å². The van der Waals surface area contributed by atoms with E-state index < -0.39 is 0 Å². The number of aromatic nitrogens is 3. The van der Waals surface area contributed by atoms with Crippen LogP contribution in [0, 0.1) is 30.6 Å². The number of H-pyrrole nitrogens is 1. The first-order chi connectivity index (χ1) is 18.4. The van der Waals surface area contributed by atoms with Gasteiger partial charge in [0, 0.05) is 54.6 Å². The molecule has 6 rings (SSSR count). The van der Waals surface area contributed by atoms with Crippen LogP contribution in [0.25, 0.3) is 28.1 Å². The molecule has 38 heavy (non-hydrogen) atoms. The van der Waals surface area contributed by atoms with Crippen LogP contribution in [0.3, 0.4) is 0 Å². The summed E-state index contributed by atoms with van der Waals surface area (Å²) in [5.74, 6) is 5.33. The average Bonchev–Trinajstić information content (AvgIpc) is 3.64. The second kappa shape index (κ2) is 9.83. The zero-order valence-electron chi connectivity index (χ0n) is 22.6. The molecule has 1 N–H and O–H groups in total. The highest BCUT2D eigenvalue weighted by Crippen LogP contribution is 2.43. The average molecular weight is 504 g/mol. The molecule has 0 radical (unpaired) electrons. The molecule has 5 heteroatoms. The van der Waals surface area contributed by atoms with Gasteiger partial charge in [-0.3, -0.25) is 0 Å². The Morgan fingerprint density at radius 1 is 1.16 bits per heavy atom. The van der Waals surface area contributed by atoms with E-state index in [1.54, 1.807) is 0 Å². The molecule has 2 saturated heterocycles. The van der Waals surface area contributed by atoms with Crippen molar-refractivity contribution in [2.75, 3.05) is 31.1 Å². The Morgan fingerprint density at radius 3 is 2.66 bits per heavy atom. The summed E-state index contributed by atoms with van der Waals surface area (Å²) >= 11 is 0. The van der Waals surface area contributed by atoms with Crippen LogP contribution in [-0.4, -0.2) is 46.0 Å². The number of fused-ring (bicyclic) bond motifs is 1. The summed E-state index contributed by atoms with van der Waals surface area (Å²) < 4.78 is 0. The molecule has 4 heterocycles. The second-order valence-corrected chi connectivity index (χ2v) is 11.4. The summed E-state index contributed by atoms with van der Waals surface area (Å²) in [6.45, 7) is 13.3. The van der Waals surface area contributed by atoms with Gasteiger partial charge in [-0.25, -0.2) is 9.97 Å². The van der Waals surface area contributed by atoms with Crippen molar-refractivity contribution in [2.24, 2.45) is 11.3 Å². The number of aryl methyl sites for hydroxylation is 1. The molecule has 3 aliphatic rings. The topological polar surface area (TPSA) is 48.1 Å². The molecule has 2 fully saturated rings. The fourth-order valence-corrected chi connectivity index (χ4v) is 6.37. The Labute approximate surface area is 226 Å². The van der Waals surface area contributed by atoms with E-state index in [4.69, 9.17) is 11.4 Å². The zero-order valence-corrected chi connectivity index (χ0v) is 22.6.